The van der Waals surface area contributed by atoms with Crippen molar-refractivity contribution in [1.82, 2.24) is 20.1 Å². The van der Waals surface area contributed by atoms with Crippen LogP contribution in [0.15, 0.2) is 49.1 Å². The number of rotatable bonds is 6. The summed E-state index contributed by atoms with van der Waals surface area (Å²) in [7, 11) is 0. The lowest BCUT2D eigenvalue weighted by Crippen LogP contribution is -2.40. The van der Waals surface area contributed by atoms with Gasteiger partial charge in [-0.25, -0.2) is 4.79 Å². The topological polar surface area (TPSA) is 86.1 Å². The number of aromatic nitrogens is 3. The van der Waals surface area contributed by atoms with Crippen molar-refractivity contribution in [3.05, 3.63) is 54.6 Å². The zero-order valence-electron chi connectivity index (χ0n) is 15.5. The summed E-state index contributed by atoms with van der Waals surface area (Å²) in [6, 6.07) is 6.09. The van der Waals surface area contributed by atoms with Gasteiger partial charge in [0, 0.05) is 11.3 Å². The van der Waals surface area contributed by atoms with Crippen LogP contribution in [-0.2, 0) is 9.53 Å². The van der Waals surface area contributed by atoms with E-state index in [4.69, 9.17) is 4.74 Å². The van der Waals surface area contributed by atoms with Gasteiger partial charge in [-0.1, -0.05) is 32.9 Å². The minimum atomic E-state index is -0.834. The largest absolute Gasteiger partial charge is 0.464 e. The molecule has 1 aromatic heterocycles. The molecule has 138 valence electrons. The van der Waals surface area contributed by atoms with E-state index in [1.54, 1.807) is 54.5 Å². The Morgan fingerprint density at radius 3 is 2.35 bits per heavy atom. The predicted octanol–water partition coefficient (Wildman–Crippen LogP) is 2.53. The molecular formula is C19H24N4O3. The van der Waals surface area contributed by atoms with E-state index in [9.17, 15) is 9.59 Å². The van der Waals surface area contributed by atoms with Crippen LogP contribution < -0.4 is 5.32 Å². The van der Waals surface area contributed by atoms with Gasteiger partial charge in [-0.3, -0.25) is 9.36 Å². The average Bonchev–Trinajstić information content (AvgIpc) is 3.12. The molecule has 0 aliphatic rings. The molecule has 0 radical (unpaired) electrons. The number of hydrogen-bond acceptors (Lipinski definition) is 5. The summed E-state index contributed by atoms with van der Waals surface area (Å²) in [5, 5.41) is 10.2. The third-order valence-corrected chi connectivity index (χ3v) is 3.46. The number of allylic oxidation sites excluding steroid dienone is 1. The molecule has 1 unspecified atom stereocenters. The fraction of sp³-hybridized carbons (Fsp3) is 0.368. The van der Waals surface area contributed by atoms with Gasteiger partial charge in [-0.15, -0.1) is 10.2 Å². The first kappa shape index (κ1) is 19.4. The highest BCUT2D eigenvalue weighted by Crippen LogP contribution is 2.15. The third-order valence-electron chi connectivity index (χ3n) is 3.46. The summed E-state index contributed by atoms with van der Waals surface area (Å²) in [4.78, 5) is 24.6. The number of nitrogens with zero attached hydrogens (tertiary/aromatic N) is 3. The molecule has 26 heavy (non-hydrogen) atoms. The van der Waals surface area contributed by atoms with Crippen LogP contribution in [0, 0.1) is 5.41 Å². The molecule has 0 aliphatic carbocycles. The van der Waals surface area contributed by atoms with Crippen molar-refractivity contribution in [3.63, 3.8) is 0 Å². The lowest BCUT2D eigenvalue weighted by molar-refractivity contribution is -0.144. The van der Waals surface area contributed by atoms with Crippen LogP contribution >= 0.6 is 0 Å². The lowest BCUT2D eigenvalue weighted by atomic mass is 9.95. The van der Waals surface area contributed by atoms with Gasteiger partial charge in [0.25, 0.3) is 5.91 Å². The van der Waals surface area contributed by atoms with E-state index in [-0.39, 0.29) is 17.9 Å². The minimum absolute atomic E-state index is 0.115. The lowest BCUT2D eigenvalue weighted by Gasteiger charge is -2.17. The van der Waals surface area contributed by atoms with E-state index in [1.165, 1.54) is 0 Å². The summed E-state index contributed by atoms with van der Waals surface area (Å²) in [5.41, 5.74) is 1.16. The molecule has 1 aromatic carbocycles. The van der Waals surface area contributed by atoms with Crippen LogP contribution in [0.2, 0.25) is 0 Å². The van der Waals surface area contributed by atoms with Crippen molar-refractivity contribution in [2.24, 2.45) is 5.41 Å². The zero-order valence-corrected chi connectivity index (χ0v) is 15.5. The maximum absolute atomic E-state index is 12.5. The van der Waals surface area contributed by atoms with Crippen LogP contribution in [0.3, 0.4) is 0 Å². The van der Waals surface area contributed by atoms with Crippen molar-refractivity contribution in [1.29, 1.82) is 0 Å². The van der Waals surface area contributed by atoms with Crippen LogP contribution in [0.5, 0.6) is 0 Å². The summed E-state index contributed by atoms with van der Waals surface area (Å²) in [5.74, 6) is -0.834. The van der Waals surface area contributed by atoms with Crippen molar-refractivity contribution in [3.8, 4) is 5.69 Å². The van der Waals surface area contributed by atoms with Gasteiger partial charge in [0.2, 0.25) is 0 Å². The van der Waals surface area contributed by atoms with E-state index in [0.717, 1.165) is 5.69 Å². The quantitative estimate of drug-likeness (QED) is 0.635. The van der Waals surface area contributed by atoms with Gasteiger partial charge >= 0.3 is 5.97 Å². The van der Waals surface area contributed by atoms with E-state index in [2.05, 4.69) is 15.5 Å². The second kappa shape index (κ2) is 8.42. The highest BCUT2D eigenvalue weighted by atomic mass is 16.5. The number of ether oxygens (including phenoxy) is 1. The summed E-state index contributed by atoms with van der Waals surface area (Å²) >= 11 is 0. The van der Waals surface area contributed by atoms with Gasteiger partial charge in [0.15, 0.2) is 0 Å². The smallest absolute Gasteiger partial charge is 0.332 e. The third kappa shape index (κ3) is 5.54. The number of benzene rings is 1. The van der Waals surface area contributed by atoms with E-state index in [0.29, 0.717) is 5.56 Å². The highest BCUT2D eigenvalue weighted by Gasteiger charge is 2.21. The van der Waals surface area contributed by atoms with Crippen LogP contribution in [0.4, 0.5) is 0 Å². The Hall–Kier alpha value is -2.96. The Morgan fingerprint density at radius 2 is 1.81 bits per heavy atom. The van der Waals surface area contributed by atoms with Crippen molar-refractivity contribution in [2.75, 3.05) is 6.61 Å². The first-order valence-corrected chi connectivity index (χ1v) is 8.42. The molecule has 0 saturated carbocycles. The van der Waals surface area contributed by atoms with E-state index < -0.39 is 12.0 Å². The number of carbonyl (C=O) groups excluding carboxylic acids is 2. The van der Waals surface area contributed by atoms with Gasteiger partial charge < -0.3 is 10.1 Å². The summed E-state index contributed by atoms with van der Waals surface area (Å²) in [6.07, 6.45) is 6.69. The molecule has 2 aromatic rings. The van der Waals surface area contributed by atoms with Crippen molar-refractivity contribution >= 4 is 11.9 Å². The minimum Gasteiger partial charge on any atom is -0.464 e. The fourth-order valence-corrected chi connectivity index (χ4v) is 2.15. The Bertz CT molecular complexity index is 759. The maximum atomic E-state index is 12.5. The van der Waals surface area contributed by atoms with Crippen molar-refractivity contribution in [2.45, 2.75) is 33.7 Å². The first-order chi connectivity index (χ1) is 12.3. The van der Waals surface area contributed by atoms with E-state index >= 15 is 0 Å². The number of carbonyl (C=O) groups is 2. The SMILES string of the molecule is CCOC(=O)C(/C=C/C(C)(C)C)NC(=O)c1ccc(-n2cnnc2)cc1. The molecule has 7 nitrogen and oxygen atoms in total. The zero-order chi connectivity index (χ0) is 19.2. The molecule has 7 heteroatoms. The number of amides is 1. The number of hydrogen-bond donors (Lipinski definition) is 1. The molecule has 1 N–H and O–H groups in total. The van der Waals surface area contributed by atoms with E-state index in [1.807, 2.05) is 26.8 Å². The molecule has 1 amide bonds. The van der Waals surface area contributed by atoms with Gasteiger partial charge in [0.05, 0.1) is 6.61 Å². The van der Waals surface area contributed by atoms with Crippen LogP contribution in [-0.4, -0.2) is 39.3 Å². The van der Waals surface area contributed by atoms with Crippen molar-refractivity contribution < 1.29 is 14.3 Å². The Balaban J connectivity index is 2.12. The second-order valence-corrected chi connectivity index (χ2v) is 6.84. The normalized spacial score (nSPS) is 12.8. The maximum Gasteiger partial charge on any atom is 0.332 e. The monoisotopic (exact) mass is 356 g/mol. The molecule has 2 rings (SSSR count). The standard InChI is InChI=1S/C19H24N4O3/c1-5-26-18(25)16(10-11-19(2,3)4)22-17(24)14-6-8-15(9-7-14)23-12-20-21-13-23/h6-13,16H,5H2,1-4H3,(H,22,24)/b11-10+. The molecule has 1 atom stereocenters. The van der Waals surface area contributed by atoms with Gasteiger partial charge in [0.1, 0.15) is 18.7 Å². The molecule has 0 aliphatic heterocycles. The fourth-order valence-electron chi connectivity index (χ4n) is 2.15. The number of nitrogens with one attached hydrogen (secondary N) is 1. The van der Waals surface area contributed by atoms with Crippen LogP contribution in [0.25, 0.3) is 5.69 Å². The molecular weight excluding hydrogens is 332 g/mol. The Kier molecular flexibility index (Phi) is 6.27. The molecule has 0 bridgehead atoms. The van der Waals surface area contributed by atoms with Gasteiger partial charge in [-0.05, 0) is 36.6 Å². The molecule has 0 fully saturated rings. The summed E-state index contributed by atoms with van der Waals surface area (Å²) < 4.78 is 6.78. The van der Waals surface area contributed by atoms with Crippen LogP contribution in [0.1, 0.15) is 38.1 Å². The van der Waals surface area contributed by atoms with Gasteiger partial charge in [-0.2, -0.15) is 0 Å². The number of esters is 1. The predicted molar refractivity (Wildman–Crippen MR) is 97.8 cm³/mol. The average molecular weight is 356 g/mol. The first-order valence-electron chi connectivity index (χ1n) is 8.42. The Labute approximate surface area is 153 Å². The molecule has 0 spiro atoms. The summed E-state index contributed by atoms with van der Waals surface area (Å²) in [6.45, 7) is 8.02. The second-order valence-electron chi connectivity index (χ2n) is 6.84. The Morgan fingerprint density at radius 1 is 1.19 bits per heavy atom. The highest BCUT2D eigenvalue weighted by molar-refractivity contribution is 5.97. The molecule has 0 saturated heterocycles. The molecule has 1 heterocycles.